The number of hydrogen-bond donors (Lipinski definition) is 1. The molecular formula is C28H29F4N3O3. The molecule has 1 fully saturated rings. The van der Waals surface area contributed by atoms with E-state index in [2.05, 4.69) is 10.3 Å². The second-order valence-electron chi connectivity index (χ2n) is 9.63. The highest BCUT2D eigenvalue weighted by Crippen LogP contribution is 2.36. The van der Waals surface area contributed by atoms with Crippen molar-refractivity contribution in [1.29, 1.82) is 0 Å². The molecule has 0 bridgehead atoms. The van der Waals surface area contributed by atoms with Gasteiger partial charge in [-0.1, -0.05) is 44.2 Å². The number of cyclic esters (lactones) is 1. The van der Waals surface area contributed by atoms with E-state index in [-0.39, 0.29) is 48.2 Å². The molecule has 10 heteroatoms. The smallest absolute Gasteiger partial charge is 0.419 e. The van der Waals surface area contributed by atoms with Crippen LogP contribution in [0, 0.1) is 5.82 Å². The van der Waals surface area contributed by atoms with Crippen LogP contribution in [0.15, 0.2) is 48.5 Å². The van der Waals surface area contributed by atoms with Gasteiger partial charge in [0.15, 0.2) is 0 Å². The van der Waals surface area contributed by atoms with Crippen LogP contribution in [0.25, 0.3) is 11.4 Å². The fourth-order valence-electron chi connectivity index (χ4n) is 4.66. The minimum Gasteiger partial charge on any atom is -0.462 e. The fraction of sp³-hybridized carbons (Fsp3) is 0.393. The van der Waals surface area contributed by atoms with Gasteiger partial charge in [0, 0.05) is 31.5 Å². The van der Waals surface area contributed by atoms with E-state index in [4.69, 9.17) is 4.74 Å². The van der Waals surface area contributed by atoms with Crippen molar-refractivity contribution in [2.75, 3.05) is 0 Å². The number of alkyl halides is 3. The Bertz CT molecular complexity index is 1300. The number of carbonyl (C=O) groups excluding carboxylic acids is 2. The Morgan fingerprint density at radius 1 is 1.18 bits per heavy atom. The number of aromatic nitrogens is 2. The van der Waals surface area contributed by atoms with Crippen molar-refractivity contribution >= 4 is 11.9 Å². The normalized spacial score (nSPS) is 16.0. The molecule has 1 aromatic heterocycles. The quantitative estimate of drug-likeness (QED) is 0.276. The monoisotopic (exact) mass is 531 g/mol. The number of rotatable bonds is 8. The minimum absolute atomic E-state index is 0.0309. The summed E-state index contributed by atoms with van der Waals surface area (Å²) in [4.78, 5) is 29.5. The SMILES string of the molecule is CC(C)c1c(C(=O)NCc2ccccc2)nc(-c2ccc(F)c(C(F)(F)F)c2)n1CCC1CCCC(=O)O1. The van der Waals surface area contributed by atoms with Crippen LogP contribution in [0.4, 0.5) is 17.6 Å². The number of nitrogens with zero attached hydrogens (tertiary/aromatic N) is 2. The molecule has 2 aromatic carbocycles. The molecule has 1 saturated heterocycles. The molecule has 1 atom stereocenters. The first kappa shape index (κ1) is 27.3. The number of hydrogen-bond acceptors (Lipinski definition) is 4. The van der Waals surface area contributed by atoms with Crippen LogP contribution in [0.2, 0.25) is 0 Å². The van der Waals surface area contributed by atoms with E-state index in [1.807, 2.05) is 44.2 Å². The number of amides is 1. The lowest BCUT2D eigenvalue weighted by Crippen LogP contribution is -2.26. The Labute approximate surface area is 218 Å². The summed E-state index contributed by atoms with van der Waals surface area (Å²) in [5.74, 6) is -2.25. The van der Waals surface area contributed by atoms with Crippen molar-refractivity contribution in [3.63, 3.8) is 0 Å². The number of halogens is 4. The first-order valence-electron chi connectivity index (χ1n) is 12.5. The van der Waals surface area contributed by atoms with Gasteiger partial charge in [0.05, 0.1) is 11.3 Å². The van der Waals surface area contributed by atoms with Crippen LogP contribution in [-0.2, 0) is 28.8 Å². The molecule has 0 aliphatic carbocycles. The zero-order valence-electron chi connectivity index (χ0n) is 21.1. The van der Waals surface area contributed by atoms with Gasteiger partial charge in [-0.3, -0.25) is 9.59 Å². The molecule has 38 heavy (non-hydrogen) atoms. The van der Waals surface area contributed by atoms with Gasteiger partial charge in [0.2, 0.25) is 0 Å². The molecule has 1 amide bonds. The third-order valence-electron chi connectivity index (χ3n) is 6.47. The maximum Gasteiger partial charge on any atom is 0.419 e. The summed E-state index contributed by atoms with van der Waals surface area (Å²) < 4.78 is 61.7. The van der Waals surface area contributed by atoms with Crippen LogP contribution >= 0.6 is 0 Å². The van der Waals surface area contributed by atoms with Crippen LogP contribution < -0.4 is 5.32 Å². The van der Waals surface area contributed by atoms with Gasteiger partial charge in [-0.2, -0.15) is 13.2 Å². The minimum atomic E-state index is -4.90. The highest BCUT2D eigenvalue weighted by Gasteiger charge is 2.35. The molecule has 1 aliphatic rings. The van der Waals surface area contributed by atoms with Gasteiger partial charge in [0.25, 0.3) is 5.91 Å². The van der Waals surface area contributed by atoms with Crippen LogP contribution in [0.3, 0.4) is 0 Å². The van der Waals surface area contributed by atoms with Crippen molar-refractivity contribution in [2.24, 2.45) is 0 Å². The van der Waals surface area contributed by atoms with Crippen LogP contribution in [0.1, 0.15) is 72.8 Å². The highest BCUT2D eigenvalue weighted by atomic mass is 19.4. The van der Waals surface area contributed by atoms with Gasteiger partial charge in [-0.25, -0.2) is 9.37 Å². The van der Waals surface area contributed by atoms with E-state index in [0.29, 0.717) is 37.4 Å². The fourth-order valence-corrected chi connectivity index (χ4v) is 4.66. The predicted molar refractivity (Wildman–Crippen MR) is 133 cm³/mol. The zero-order valence-corrected chi connectivity index (χ0v) is 21.1. The third kappa shape index (κ3) is 6.23. The Kier molecular flexibility index (Phi) is 8.18. The van der Waals surface area contributed by atoms with Crippen LogP contribution in [0.5, 0.6) is 0 Å². The Morgan fingerprint density at radius 2 is 1.92 bits per heavy atom. The van der Waals surface area contributed by atoms with E-state index in [1.54, 1.807) is 4.57 Å². The number of carbonyl (C=O) groups is 2. The lowest BCUT2D eigenvalue weighted by Gasteiger charge is -2.24. The largest absolute Gasteiger partial charge is 0.462 e. The topological polar surface area (TPSA) is 73.2 Å². The lowest BCUT2D eigenvalue weighted by molar-refractivity contribution is -0.154. The summed E-state index contributed by atoms with van der Waals surface area (Å²) in [7, 11) is 0. The molecule has 0 radical (unpaired) electrons. The average Bonchev–Trinajstić information content (AvgIpc) is 3.26. The summed E-state index contributed by atoms with van der Waals surface area (Å²) in [5, 5.41) is 2.83. The Balaban J connectivity index is 1.74. The number of imidazole rings is 1. The zero-order chi connectivity index (χ0) is 27.4. The number of nitrogens with one attached hydrogen (secondary N) is 1. The Hall–Kier alpha value is -3.69. The summed E-state index contributed by atoms with van der Waals surface area (Å²) in [6, 6.07) is 12.0. The average molecular weight is 532 g/mol. The second-order valence-corrected chi connectivity index (χ2v) is 9.63. The molecule has 1 unspecified atom stereocenters. The number of ether oxygens (including phenoxy) is 1. The van der Waals surface area contributed by atoms with E-state index < -0.39 is 23.5 Å². The standard InChI is InChI=1S/C28H29F4N3O3/c1-17(2)25-24(27(37)33-16-18-7-4-3-5-8-18)34-26(19-11-12-22(29)21(15-19)28(30,31)32)35(25)14-13-20-9-6-10-23(36)38-20/h3-5,7-8,11-12,15,17,20H,6,9-10,13-14,16H2,1-2H3,(H,33,37). The van der Waals surface area contributed by atoms with Crippen LogP contribution in [-0.4, -0.2) is 27.5 Å². The maximum absolute atomic E-state index is 14.1. The van der Waals surface area contributed by atoms with E-state index in [1.165, 1.54) is 6.07 Å². The molecule has 4 rings (SSSR count). The molecular weight excluding hydrogens is 502 g/mol. The summed E-state index contributed by atoms with van der Waals surface area (Å²) in [6.07, 6.45) is -3.13. The molecule has 0 spiro atoms. The third-order valence-corrected chi connectivity index (χ3v) is 6.47. The van der Waals surface area contributed by atoms with Crippen molar-refractivity contribution < 1.29 is 31.9 Å². The summed E-state index contributed by atoms with van der Waals surface area (Å²) in [5.41, 5.74) is 0.115. The van der Waals surface area contributed by atoms with Gasteiger partial charge in [0.1, 0.15) is 23.4 Å². The van der Waals surface area contributed by atoms with Gasteiger partial charge < -0.3 is 14.6 Å². The molecule has 1 aliphatic heterocycles. The number of esters is 1. The van der Waals surface area contributed by atoms with Crippen molar-refractivity contribution in [3.8, 4) is 11.4 Å². The van der Waals surface area contributed by atoms with Crippen molar-refractivity contribution in [2.45, 2.75) is 70.8 Å². The first-order chi connectivity index (χ1) is 18.0. The summed E-state index contributed by atoms with van der Waals surface area (Å²) >= 11 is 0. The molecule has 1 N–H and O–H groups in total. The molecule has 0 saturated carbocycles. The van der Waals surface area contributed by atoms with Gasteiger partial charge in [-0.05, 0) is 42.5 Å². The molecule has 202 valence electrons. The highest BCUT2D eigenvalue weighted by molar-refractivity contribution is 5.94. The molecule has 3 aromatic rings. The molecule has 6 nitrogen and oxygen atoms in total. The second kappa shape index (κ2) is 11.4. The van der Waals surface area contributed by atoms with E-state index >= 15 is 0 Å². The first-order valence-corrected chi connectivity index (χ1v) is 12.5. The number of benzene rings is 2. The predicted octanol–water partition coefficient (Wildman–Crippen LogP) is 6.25. The van der Waals surface area contributed by atoms with E-state index in [9.17, 15) is 27.2 Å². The Morgan fingerprint density at radius 3 is 2.58 bits per heavy atom. The molecule has 2 heterocycles. The summed E-state index contributed by atoms with van der Waals surface area (Å²) in [6.45, 7) is 4.21. The maximum atomic E-state index is 14.1. The lowest BCUT2D eigenvalue weighted by atomic mass is 10.0. The van der Waals surface area contributed by atoms with Crippen molar-refractivity contribution in [1.82, 2.24) is 14.9 Å². The van der Waals surface area contributed by atoms with E-state index in [0.717, 1.165) is 11.6 Å². The van der Waals surface area contributed by atoms with Gasteiger partial charge >= 0.3 is 12.1 Å². The van der Waals surface area contributed by atoms with Crippen molar-refractivity contribution in [3.05, 3.63) is 76.9 Å². The van der Waals surface area contributed by atoms with Gasteiger partial charge in [-0.15, -0.1) is 0 Å².